The quantitative estimate of drug-likeness (QED) is 0.421. The van der Waals surface area contributed by atoms with E-state index in [-0.39, 0.29) is 11.9 Å². The first-order valence-electron chi connectivity index (χ1n) is 4.14. The van der Waals surface area contributed by atoms with E-state index >= 15 is 0 Å². The summed E-state index contributed by atoms with van der Waals surface area (Å²) in [6.07, 6.45) is 1.85. The van der Waals surface area contributed by atoms with Crippen molar-refractivity contribution in [3.05, 3.63) is 28.2 Å². The van der Waals surface area contributed by atoms with Crippen LogP contribution in [0.4, 0.5) is 10.2 Å². The number of rotatable bonds is 3. The third-order valence-corrected chi connectivity index (χ3v) is 1.80. The maximum Gasteiger partial charge on any atom is 0.367 e. The Kier molecular flexibility index (Phi) is 2.03. The Labute approximate surface area is 78.7 Å². The Bertz CT molecular complexity index is 379. The van der Waals surface area contributed by atoms with Gasteiger partial charge in [0.2, 0.25) is 5.75 Å². The van der Waals surface area contributed by atoms with Crippen molar-refractivity contribution >= 4 is 5.82 Å². The fraction of sp³-hybridized carbons (Fsp3) is 0.375. The number of ether oxygens (including phenoxy) is 1. The lowest BCUT2D eigenvalue weighted by molar-refractivity contribution is -0.389. The molecular formula is C8H7FN2O3. The topological polar surface area (TPSA) is 65.3 Å². The summed E-state index contributed by atoms with van der Waals surface area (Å²) in [5.74, 6) is -1.45. The maximum absolute atomic E-state index is 13.1. The summed E-state index contributed by atoms with van der Waals surface area (Å²) in [6.45, 7) is 0. The SMILES string of the molecule is O=[N+]([O-])c1ccc(OC2CC2)c(F)n1. The lowest BCUT2D eigenvalue weighted by Crippen LogP contribution is -2.01. The van der Waals surface area contributed by atoms with Crippen molar-refractivity contribution in [1.82, 2.24) is 4.98 Å². The van der Waals surface area contributed by atoms with Gasteiger partial charge in [-0.15, -0.1) is 0 Å². The number of hydrogen-bond acceptors (Lipinski definition) is 4. The number of hydrogen-bond donors (Lipinski definition) is 0. The summed E-state index contributed by atoms with van der Waals surface area (Å²) in [6, 6.07) is 2.36. The molecule has 0 bridgehead atoms. The summed E-state index contributed by atoms with van der Waals surface area (Å²) in [7, 11) is 0. The first-order valence-corrected chi connectivity index (χ1v) is 4.14. The molecule has 1 saturated carbocycles. The Morgan fingerprint density at radius 3 is 2.79 bits per heavy atom. The van der Waals surface area contributed by atoms with Crippen molar-refractivity contribution in [2.45, 2.75) is 18.9 Å². The standard InChI is InChI=1S/C8H7FN2O3/c9-8-6(14-5-1-2-5)3-4-7(10-8)11(12)13/h3-5H,1-2H2. The monoisotopic (exact) mass is 198 g/mol. The molecule has 74 valence electrons. The normalized spacial score (nSPS) is 15.2. The highest BCUT2D eigenvalue weighted by Gasteiger charge is 2.26. The van der Waals surface area contributed by atoms with E-state index in [9.17, 15) is 14.5 Å². The van der Waals surface area contributed by atoms with Crippen molar-refractivity contribution in [2.24, 2.45) is 0 Å². The van der Waals surface area contributed by atoms with Gasteiger partial charge in [-0.25, -0.2) is 0 Å². The molecule has 0 unspecified atom stereocenters. The Morgan fingerprint density at radius 2 is 2.29 bits per heavy atom. The Hall–Kier alpha value is -1.72. The van der Waals surface area contributed by atoms with Gasteiger partial charge in [-0.2, -0.15) is 4.39 Å². The fourth-order valence-corrected chi connectivity index (χ4v) is 0.967. The molecule has 1 aliphatic carbocycles. The van der Waals surface area contributed by atoms with E-state index in [2.05, 4.69) is 4.98 Å². The van der Waals surface area contributed by atoms with Crippen LogP contribution in [0.15, 0.2) is 12.1 Å². The molecule has 0 amide bonds. The van der Waals surface area contributed by atoms with Crippen molar-refractivity contribution in [3.63, 3.8) is 0 Å². The summed E-state index contributed by atoms with van der Waals surface area (Å²) in [5.41, 5.74) is 0. The number of nitro groups is 1. The molecule has 1 fully saturated rings. The van der Waals surface area contributed by atoms with Gasteiger partial charge >= 0.3 is 11.8 Å². The van der Waals surface area contributed by atoms with Crippen LogP contribution in [0.5, 0.6) is 5.75 Å². The molecule has 6 heteroatoms. The van der Waals surface area contributed by atoms with Crippen LogP contribution in [-0.4, -0.2) is 16.0 Å². The minimum atomic E-state index is -0.925. The van der Waals surface area contributed by atoms with E-state index in [1.54, 1.807) is 0 Å². The van der Waals surface area contributed by atoms with Gasteiger partial charge in [-0.05, 0) is 28.8 Å². The smallest absolute Gasteiger partial charge is 0.367 e. The summed E-state index contributed by atoms with van der Waals surface area (Å²) < 4.78 is 18.2. The molecule has 1 aromatic rings. The predicted octanol–water partition coefficient (Wildman–Crippen LogP) is 1.67. The van der Waals surface area contributed by atoms with Gasteiger partial charge in [0.1, 0.15) is 0 Å². The highest BCUT2D eigenvalue weighted by atomic mass is 19.1. The van der Waals surface area contributed by atoms with Crippen molar-refractivity contribution in [1.29, 1.82) is 0 Å². The van der Waals surface area contributed by atoms with Gasteiger partial charge in [0.15, 0.2) is 0 Å². The average molecular weight is 198 g/mol. The van der Waals surface area contributed by atoms with Crippen LogP contribution < -0.4 is 4.74 Å². The van der Waals surface area contributed by atoms with E-state index in [4.69, 9.17) is 4.74 Å². The van der Waals surface area contributed by atoms with E-state index in [0.29, 0.717) is 0 Å². The summed E-state index contributed by atoms with van der Waals surface area (Å²) >= 11 is 0. The van der Waals surface area contributed by atoms with Gasteiger partial charge in [0.05, 0.1) is 6.10 Å². The van der Waals surface area contributed by atoms with E-state index in [0.717, 1.165) is 18.9 Å². The average Bonchev–Trinajstić information content (AvgIpc) is 2.92. The molecule has 0 saturated heterocycles. The molecule has 0 N–H and O–H groups in total. The van der Waals surface area contributed by atoms with Crippen molar-refractivity contribution in [3.8, 4) is 5.75 Å². The first kappa shape index (κ1) is 8.86. The minimum Gasteiger partial charge on any atom is -0.483 e. The summed E-state index contributed by atoms with van der Waals surface area (Å²) in [5, 5.41) is 10.2. The second kappa shape index (κ2) is 3.21. The molecule has 14 heavy (non-hydrogen) atoms. The van der Waals surface area contributed by atoms with Gasteiger partial charge in [0, 0.05) is 6.07 Å². The largest absolute Gasteiger partial charge is 0.483 e. The maximum atomic E-state index is 13.1. The van der Waals surface area contributed by atoms with Crippen LogP contribution in [0.1, 0.15) is 12.8 Å². The third-order valence-electron chi connectivity index (χ3n) is 1.80. The minimum absolute atomic E-state index is 0.0156. The van der Waals surface area contributed by atoms with Crippen LogP contribution in [0.2, 0.25) is 0 Å². The second-order valence-electron chi connectivity index (χ2n) is 3.03. The molecular weight excluding hydrogens is 191 g/mol. The van der Waals surface area contributed by atoms with Crippen LogP contribution in [0.3, 0.4) is 0 Å². The van der Waals surface area contributed by atoms with Gasteiger partial charge < -0.3 is 14.9 Å². The molecule has 0 aromatic carbocycles. The number of nitrogens with zero attached hydrogens (tertiary/aromatic N) is 2. The zero-order chi connectivity index (χ0) is 10.1. The number of halogens is 1. The molecule has 0 radical (unpaired) electrons. The molecule has 5 nitrogen and oxygen atoms in total. The van der Waals surface area contributed by atoms with Crippen LogP contribution in [0, 0.1) is 16.1 Å². The molecule has 1 aromatic heterocycles. The zero-order valence-corrected chi connectivity index (χ0v) is 7.14. The fourth-order valence-electron chi connectivity index (χ4n) is 0.967. The van der Waals surface area contributed by atoms with E-state index in [1.807, 2.05) is 0 Å². The molecule has 2 rings (SSSR count). The number of aromatic nitrogens is 1. The van der Waals surface area contributed by atoms with E-state index < -0.39 is 16.7 Å². The van der Waals surface area contributed by atoms with Crippen LogP contribution >= 0.6 is 0 Å². The van der Waals surface area contributed by atoms with Crippen molar-refractivity contribution in [2.75, 3.05) is 0 Å². The van der Waals surface area contributed by atoms with Crippen LogP contribution in [0.25, 0.3) is 0 Å². The Morgan fingerprint density at radius 1 is 1.57 bits per heavy atom. The van der Waals surface area contributed by atoms with Gasteiger partial charge in [0.25, 0.3) is 0 Å². The second-order valence-corrected chi connectivity index (χ2v) is 3.03. The Balaban J connectivity index is 2.21. The van der Waals surface area contributed by atoms with Crippen molar-refractivity contribution < 1.29 is 14.1 Å². The zero-order valence-electron chi connectivity index (χ0n) is 7.14. The first-order chi connectivity index (χ1) is 6.66. The summed E-state index contributed by atoms with van der Waals surface area (Å²) in [4.78, 5) is 12.7. The lowest BCUT2D eigenvalue weighted by Gasteiger charge is -2.01. The van der Waals surface area contributed by atoms with Crippen LogP contribution in [-0.2, 0) is 0 Å². The van der Waals surface area contributed by atoms with E-state index in [1.165, 1.54) is 6.07 Å². The molecule has 0 spiro atoms. The lowest BCUT2D eigenvalue weighted by atomic mass is 10.4. The predicted molar refractivity (Wildman–Crippen MR) is 44.5 cm³/mol. The highest BCUT2D eigenvalue weighted by molar-refractivity contribution is 5.28. The molecule has 0 aliphatic heterocycles. The third kappa shape index (κ3) is 1.78. The highest BCUT2D eigenvalue weighted by Crippen LogP contribution is 2.28. The molecule has 0 atom stereocenters. The molecule has 1 heterocycles. The van der Waals surface area contributed by atoms with Gasteiger partial charge in [-0.1, -0.05) is 0 Å². The van der Waals surface area contributed by atoms with Gasteiger partial charge in [-0.3, -0.25) is 0 Å². The molecule has 1 aliphatic rings. The number of pyridine rings is 1.